The quantitative estimate of drug-likeness (QED) is 0.349. The van der Waals surface area contributed by atoms with E-state index in [2.05, 4.69) is 52.2 Å². The van der Waals surface area contributed by atoms with Crippen LogP contribution in [0, 0.1) is 26.2 Å². The van der Waals surface area contributed by atoms with Crippen LogP contribution in [-0.2, 0) is 26.5 Å². The van der Waals surface area contributed by atoms with Gasteiger partial charge in [0.1, 0.15) is 0 Å². The van der Waals surface area contributed by atoms with Gasteiger partial charge in [-0.05, 0) is 26.0 Å². The zero-order valence-corrected chi connectivity index (χ0v) is 18.7. The van der Waals surface area contributed by atoms with Crippen LogP contribution in [-0.4, -0.2) is 19.1 Å². The van der Waals surface area contributed by atoms with Gasteiger partial charge in [-0.25, -0.2) is 0 Å². The van der Waals surface area contributed by atoms with Crippen molar-refractivity contribution < 1.29 is 21.1 Å². The third-order valence-electron chi connectivity index (χ3n) is 4.77. The van der Waals surface area contributed by atoms with E-state index in [0.29, 0.717) is 0 Å². The molecule has 0 unspecified atom stereocenters. The molecule has 4 nitrogen and oxygen atoms in total. The molecule has 28 heavy (non-hydrogen) atoms. The average Bonchev–Trinajstić information content (AvgIpc) is 3.30. The second-order valence-electron chi connectivity index (χ2n) is 7.42. The summed E-state index contributed by atoms with van der Waals surface area (Å²) in [5, 5.41) is 0. The maximum atomic E-state index is 4.89. The van der Waals surface area contributed by atoms with Crippen LogP contribution in [0.25, 0.3) is 11.6 Å². The van der Waals surface area contributed by atoms with Crippen LogP contribution in [0.5, 0.6) is 0 Å². The van der Waals surface area contributed by atoms with Crippen molar-refractivity contribution in [3.63, 3.8) is 0 Å². The van der Waals surface area contributed by atoms with Crippen LogP contribution in [0.15, 0.2) is 60.9 Å². The van der Waals surface area contributed by atoms with Crippen molar-refractivity contribution in [2.75, 3.05) is 0 Å². The fourth-order valence-corrected chi connectivity index (χ4v) is 3.11. The fraction of sp³-hybridized carbons (Fsp3) is 0.217. The number of pyridine rings is 2. The van der Waals surface area contributed by atoms with E-state index in [-0.39, 0.29) is 26.5 Å². The minimum absolute atomic E-state index is 0. The number of aromatic nitrogens is 4. The molecule has 4 rings (SSSR count). The third kappa shape index (κ3) is 3.88. The van der Waals surface area contributed by atoms with Gasteiger partial charge in [0, 0.05) is 16.8 Å². The molecule has 0 N–H and O–H groups in total. The minimum atomic E-state index is -0.337. The van der Waals surface area contributed by atoms with Crippen molar-refractivity contribution in [2.45, 2.75) is 33.1 Å². The van der Waals surface area contributed by atoms with Crippen molar-refractivity contribution in [1.82, 2.24) is 19.1 Å². The summed E-state index contributed by atoms with van der Waals surface area (Å²) in [6.07, 6.45) is 10.5. The predicted molar refractivity (Wildman–Crippen MR) is 106 cm³/mol. The molecule has 0 atom stereocenters. The van der Waals surface area contributed by atoms with Gasteiger partial charge in [0.25, 0.3) is 0 Å². The molecule has 144 valence electrons. The van der Waals surface area contributed by atoms with Crippen LogP contribution >= 0.6 is 0 Å². The number of nitrogens with zero attached hydrogens (tertiary/aromatic N) is 4. The fourth-order valence-electron chi connectivity index (χ4n) is 3.11. The van der Waals surface area contributed by atoms with E-state index in [1.165, 1.54) is 0 Å². The van der Waals surface area contributed by atoms with Crippen molar-refractivity contribution in [3.8, 4) is 11.6 Å². The summed E-state index contributed by atoms with van der Waals surface area (Å²) in [6, 6.07) is 16.1. The average molecular weight is 550 g/mol. The van der Waals surface area contributed by atoms with E-state index in [1.54, 1.807) is 0 Å². The normalized spacial score (nSPS) is 11.3. The SMILES string of the molecule is Cc1c[c-]n(-c2cccc(C(C)(C)c3cccc(-n4[c-]cc(C)c4)n3)n2)c1.[Pt+2]. The molecule has 0 aliphatic rings. The van der Waals surface area contributed by atoms with Gasteiger partial charge >= 0.3 is 21.1 Å². The van der Waals surface area contributed by atoms with Gasteiger partial charge in [-0.15, -0.1) is 35.7 Å². The van der Waals surface area contributed by atoms with E-state index in [4.69, 9.17) is 9.97 Å². The van der Waals surface area contributed by atoms with E-state index in [1.807, 2.05) is 57.9 Å². The number of hydrogen-bond donors (Lipinski definition) is 0. The predicted octanol–water partition coefficient (Wildman–Crippen LogP) is 4.60. The first-order valence-electron chi connectivity index (χ1n) is 9.03. The van der Waals surface area contributed by atoms with Gasteiger partial charge < -0.3 is 9.13 Å². The molecule has 0 aliphatic carbocycles. The summed E-state index contributed by atoms with van der Waals surface area (Å²) in [4.78, 5) is 9.78. The first kappa shape index (κ1) is 20.3. The number of rotatable bonds is 4. The van der Waals surface area contributed by atoms with Gasteiger partial charge in [0.2, 0.25) is 0 Å². The van der Waals surface area contributed by atoms with Gasteiger partial charge in [-0.2, -0.15) is 0 Å². The Balaban J connectivity index is 0.00000225. The van der Waals surface area contributed by atoms with Crippen LogP contribution in [0.1, 0.15) is 36.4 Å². The first-order chi connectivity index (χ1) is 12.9. The van der Waals surface area contributed by atoms with Crippen LogP contribution in [0.4, 0.5) is 0 Å². The van der Waals surface area contributed by atoms with Crippen LogP contribution in [0.3, 0.4) is 0 Å². The zero-order valence-electron chi connectivity index (χ0n) is 16.4. The molecular formula is C23H22N4Pt. The van der Waals surface area contributed by atoms with Gasteiger partial charge in [-0.1, -0.05) is 50.5 Å². The van der Waals surface area contributed by atoms with E-state index < -0.39 is 0 Å². The molecule has 0 amide bonds. The maximum absolute atomic E-state index is 4.89. The molecular weight excluding hydrogens is 527 g/mol. The molecule has 0 fully saturated rings. The van der Waals surface area contributed by atoms with E-state index in [0.717, 1.165) is 34.2 Å². The van der Waals surface area contributed by atoms with Crippen molar-refractivity contribution in [3.05, 3.63) is 95.8 Å². The zero-order chi connectivity index (χ0) is 19.0. The molecule has 0 aromatic carbocycles. The third-order valence-corrected chi connectivity index (χ3v) is 4.77. The molecule has 0 bridgehead atoms. The topological polar surface area (TPSA) is 35.6 Å². The Hall–Kier alpha value is -2.45. The second-order valence-corrected chi connectivity index (χ2v) is 7.42. The van der Waals surface area contributed by atoms with Crippen LogP contribution in [0.2, 0.25) is 0 Å². The summed E-state index contributed by atoms with van der Waals surface area (Å²) < 4.78 is 3.85. The van der Waals surface area contributed by atoms with E-state index >= 15 is 0 Å². The van der Waals surface area contributed by atoms with Crippen LogP contribution < -0.4 is 0 Å². The molecule has 0 saturated carbocycles. The van der Waals surface area contributed by atoms with Gasteiger partial charge in [-0.3, -0.25) is 9.97 Å². The van der Waals surface area contributed by atoms with Gasteiger partial charge in [0.15, 0.2) is 0 Å². The molecule has 4 heterocycles. The first-order valence-corrected chi connectivity index (χ1v) is 9.03. The summed E-state index contributed by atoms with van der Waals surface area (Å²) >= 11 is 0. The van der Waals surface area contributed by atoms with Crippen molar-refractivity contribution in [2.24, 2.45) is 0 Å². The van der Waals surface area contributed by atoms with Crippen molar-refractivity contribution >= 4 is 0 Å². The smallest absolute Gasteiger partial charge is 0.435 e. The Morgan fingerprint density at radius 3 is 1.54 bits per heavy atom. The Morgan fingerprint density at radius 1 is 0.750 bits per heavy atom. The molecule has 5 heteroatoms. The van der Waals surface area contributed by atoms with Gasteiger partial charge in [0.05, 0.1) is 11.6 Å². The molecule has 0 aliphatic heterocycles. The largest absolute Gasteiger partial charge is 2.00 e. The van der Waals surface area contributed by atoms with E-state index in [9.17, 15) is 0 Å². The Bertz CT molecular complexity index is 1010. The number of aryl methyl sites for hydroxylation is 2. The summed E-state index contributed by atoms with van der Waals surface area (Å²) in [6.45, 7) is 8.41. The summed E-state index contributed by atoms with van der Waals surface area (Å²) in [5.74, 6) is 1.72. The minimum Gasteiger partial charge on any atom is -0.435 e. The van der Waals surface area contributed by atoms with Crippen molar-refractivity contribution in [1.29, 1.82) is 0 Å². The molecule has 0 spiro atoms. The Morgan fingerprint density at radius 2 is 1.18 bits per heavy atom. The molecule has 4 aromatic heterocycles. The molecule has 4 aromatic rings. The summed E-state index contributed by atoms with van der Waals surface area (Å²) in [7, 11) is 0. The Labute approximate surface area is 180 Å². The Kier molecular flexibility index (Phi) is 5.71. The second kappa shape index (κ2) is 7.89. The standard InChI is InChI=1S/C23H22N4.Pt/c1-17-11-13-26(15-17)21-9-5-7-19(24-21)23(3,4)20-8-6-10-22(25-20)27-14-12-18(2)16-27;/h5-12,15-16H,1-4H3;/q-2;+2. The monoisotopic (exact) mass is 549 g/mol. The maximum Gasteiger partial charge on any atom is 2.00 e. The number of hydrogen-bond acceptors (Lipinski definition) is 2. The summed E-state index contributed by atoms with van der Waals surface area (Å²) in [5.41, 5.74) is 3.92. The molecule has 0 radical (unpaired) electrons. The molecule has 0 saturated heterocycles.